The van der Waals surface area contributed by atoms with Gasteiger partial charge in [-0.05, 0) is 36.6 Å². The lowest BCUT2D eigenvalue weighted by atomic mass is 9.96. The van der Waals surface area contributed by atoms with Gasteiger partial charge in [-0.3, -0.25) is 14.7 Å². The Bertz CT molecular complexity index is 802. The van der Waals surface area contributed by atoms with Crippen molar-refractivity contribution in [2.45, 2.75) is 37.6 Å². The van der Waals surface area contributed by atoms with Crippen LogP contribution in [0.1, 0.15) is 30.1 Å². The summed E-state index contributed by atoms with van der Waals surface area (Å²) >= 11 is 0. The molecular weight excluding hydrogens is 348 g/mol. The van der Waals surface area contributed by atoms with Gasteiger partial charge in [-0.25, -0.2) is 0 Å². The molecule has 2 amide bonds. The van der Waals surface area contributed by atoms with Crippen molar-refractivity contribution in [1.29, 1.82) is 0 Å². The number of amides is 2. The lowest BCUT2D eigenvalue weighted by Gasteiger charge is -2.40. The predicted octanol–water partition coefficient (Wildman–Crippen LogP) is 1.17. The third kappa shape index (κ3) is 3.66. The number of methoxy groups -OCH3 is 1. The third-order valence-corrected chi connectivity index (χ3v) is 4.93. The summed E-state index contributed by atoms with van der Waals surface area (Å²) in [6, 6.07) is 8.95. The number of morpholine rings is 1. The predicted molar refractivity (Wildman–Crippen MR) is 95.8 cm³/mol. The maximum atomic E-state index is 12.9. The Labute approximate surface area is 156 Å². The fourth-order valence-corrected chi connectivity index (χ4v) is 3.43. The second-order valence-corrected chi connectivity index (χ2v) is 6.78. The normalized spacial score (nSPS) is 22.6. The van der Waals surface area contributed by atoms with Gasteiger partial charge in [0.25, 0.3) is 5.91 Å². The lowest BCUT2D eigenvalue weighted by Crippen LogP contribution is -2.55. The van der Waals surface area contributed by atoms with Crippen LogP contribution in [0.5, 0.6) is 5.75 Å². The Morgan fingerprint density at radius 3 is 2.74 bits per heavy atom. The third-order valence-electron chi connectivity index (χ3n) is 4.93. The molecule has 1 saturated heterocycles. The number of carbonyl (C=O) groups is 2. The fourth-order valence-electron chi connectivity index (χ4n) is 3.43. The highest BCUT2D eigenvalue weighted by molar-refractivity contribution is 5.86. The maximum absolute atomic E-state index is 12.9. The number of rotatable bonds is 6. The molecule has 1 aromatic carbocycles. The minimum absolute atomic E-state index is 0.0732. The molecule has 2 aliphatic rings. The molecule has 0 bridgehead atoms. The average molecular weight is 370 g/mol. The summed E-state index contributed by atoms with van der Waals surface area (Å²) in [5.41, 5.74) is 1.66. The van der Waals surface area contributed by atoms with Crippen LogP contribution in [0.25, 0.3) is 0 Å². The number of ether oxygens (including phenoxy) is 2. The first kappa shape index (κ1) is 17.5. The SMILES string of the molecule is COc1ccc([C@@H]2[C@@H](C(=O)NCc3ccn[nH]3)OCC(=O)N2C2CC2)cc1. The van der Waals surface area contributed by atoms with Gasteiger partial charge in [-0.2, -0.15) is 5.10 Å². The van der Waals surface area contributed by atoms with Crippen LogP contribution in [0.4, 0.5) is 0 Å². The number of carbonyl (C=O) groups excluding carboxylic acids is 2. The van der Waals surface area contributed by atoms with Gasteiger partial charge in [0.05, 0.1) is 25.4 Å². The molecular formula is C19H22N4O4. The van der Waals surface area contributed by atoms with E-state index in [4.69, 9.17) is 9.47 Å². The summed E-state index contributed by atoms with van der Waals surface area (Å²) in [5.74, 6) is 0.402. The topological polar surface area (TPSA) is 96.5 Å². The fraction of sp³-hybridized carbons (Fsp3) is 0.421. The van der Waals surface area contributed by atoms with Crippen LogP contribution in [0.2, 0.25) is 0 Å². The average Bonchev–Trinajstić information content (AvgIpc) is 3.40. The highest BCUT2D eigenvalue weighted by Crippen LogP contribution is 2.39. The van der Waals surface area contributed by atoms with E-state index in [1.807, 2.05) is 29.2 Å². The number of nitrogens with zero attached hydrogens (tertiary/aromatic N) is 2. The minimum atomic E-state index is -0.764. The molecule has 0 radical (unpaired) electrons. The molecule has 1 aliphatic carbocycles. The molecule has 2 atom stereocenters. The molecule has 2 heterocycles. The van der Waals surface area contributed by atoms with Gasteiger partial charge < -0.3 is 19.7 Å². The van der Waals surface area contributed by atoms with Crippen molar-refractivity contribution in [1.82, 2.24) is 20.4 Å². The van der Waals surface area contributed by atoms with Gasteiger partial charge in [0.15, 0.2) is 6.10 Å². The van der Waals surface area contributed by atoms with E-state index >= 15 is 0 Å². The van der Waals surface area contributed by atoms with E-state index in [1.165, 1.54) is 0 Å². The molecule has 0 spiro atoms. The highest BCUT2D eigenvalue weighted by atomic mass is 16.5. The molecule has 2 fully saturated rings. The molecule has 8 nitrogen and oxygen atoms in total. The van der Waals surface area contributed by atoms with Crippen LogP contribution < -0.4 is 10.1 Å². The Morgan fingerprint density at radius 1 is 1.33 bits per heavy atom. The summed E-state index contributed by atoms with van der Waals surface area (Å²) < 4.78 is 10.9. The largest absolute Gasteiger partial charge is 0.497 e. The van der Waals surface area contributed by atoms with Crippen molar-refractivity contribution in [2.24, 2.45) is 0 Å². The van der Waals surface area contributed by atoms with Crippen LogP contribution in [-0.2, 0) is 20.9 Å². The van der Waals surface area contributed by atoms with Gasteiger partial charge in [0.2, 0.25) is 5.91 Å². The van der Waals surface area contributed by atoms with Crippen LogP contribution in [0, 0.1) is 0 Å². The molecule has 1 aromatic heterocycles. The van der Waals surface area contributed by atoms with Crippen LogP contribution in [0.15, 0.2) is 36.5 Å². The molecule has 1 aliphatic heterocycles. The van der Waals surface area contributed by atoms with Crippen molar-refractivity contribution < 1.29 is 19.1 Å². The van der Waals surface area contributed by atoms with Gasteiger partial charge in [0.1, 0.15) is 12.4 Å². The van der Waals surface area contributed by atoms with Crippen molar-refractivity contribution in [3.05, 3.63) is 47.8 Å². The second kappa shape index (κ2) is 7.40. The number of aromatic nitrogens is 2. The second-order valence-electron chi connectivity index (χ2n) is 6.78. The smallest absolute Gasteiger partial charge is 0.252 e. The first-order chi connectivity index (χ1) is 13.2. The van der Waals surface area contributed by atoms with Crippen LogP contribution in [-0.4, -0.2) is 52.8 Å². The number of benzene rings is 1. The molecule has 142 valence electrons. The molecule has 8 heteroatoms. The van der Waals surface area contributed by atoms with Crippen LogP contribution in [0.3, 0.4) is 0 Å². The Balaban J connectivity index is 1.58. The molecule has 4 rings (SSSR count). The van der Waals surface area contributed by atoms with Crippen molar-refractivity contribution >= 4 is 11.8 Å². The summed E-state index contributed by atoms with van der Waals surface area (Å²) in [6.07, 6.45) is 2.79. The Kier molecular flexibility index (Phi) is 4.81. The standard InChI is InChI=1S/C19H22N4O4/c1-26-15-6-2-12(3-7-15)17-18(19(25)20-10-13-8-9-21-22-13)27-11-16(24)23(17)14-4-5-14/h2-3,6-9,14,17-18H,4-5,10-11H2,1H3,(H,20,25)(H,21,22)/t17-,18+/m1/s1. The zero-order valence-corrected chi connectivity index (χ0v) is 15.1. The maximum Gasteiger partial charge on any atom is 0.252 e. The molecule has 2 aromatic rings. The number of nitrogens with one attached hydrogen (secondary N) is 2. The highest BCUT2D eigenvalue weighted by Gasteiger charge is 2.47. The van der Waals surface area contributed by atoms with Gasteiger partial charge in [0, 0.05) is 12.2 Å². The summed E-state index contributed by atoms with van der Waals surface area (Å²) in [5, 5.41) is 9.56. The monoisotopic (exact) mass is 370 g/mol. The number of hydrogen-bond acceptors (Lipinski definition) is 5. The number of aromatic amines is 1. The zero-order chi connectivity index (χ0) is 18.8. The Hall–Kier alpha value is -2.87. The molecule has 1 saturated carbocycles. The van der Waals surface area contributed by atoms with E-state index in [1.54, 1.807) is 19.4 Å². The minimum Gasteiger partial charge on any atom is -0.497 e. The molecule has 27 heavy (non-hydrogen) atoms. The quantitative estimate of drug-likeness (QED) is 0.796. The zero-order valence-electron chi connectivity index (χ0n) is 15.1. The van der Waals surface area contributed by atoms with Gasteiger partial charge >= 0.3 is 0 Å². The summed E-state index contributed by atoms with van der Waals surface area (Å²) in [6.45, 7) is 0.247. The van der Waals surface area contributed by atoms with E-state index in [-0.39, 0.29) is 24.5 Å². The lowest BCUT2D eigenvalue weighted by molar-refractivity contribution is -0.165. The summed E-state index contributed by atoms with van der Waals surface area (Å²) in [7, 11) is 1.60. The van der Waals surface area contributed by atoms with Crippen molar-refractivity contribution in [3.63, 3.8) is 0 Å². The van der Waals surface area contributed by atoms with E-state index in [2.05, 4.69) is 15.5 Å². The summed E-state index contributed by atoms with van der Waals surface area (Å²) in [4.78, 5) is 27.2. The van der Waals surface area contributed by atoms with Gasteiger partial charge in [-0.15, -0.1) is 0 Å². The first-order valence-electron chi connectivity index (χ1n) is 9.00. The van der Waals surface area contributed by atoms with E-state index in [0.29, 0.717) is 6.54 Å². The Morgan fingerprint density at radius 2 is 2.11 bits per heavy atom. The van der Waals surface area contributed by atoms with E-state index < -0.39 is 12.1 Å². The van der Waals surface area contributed by atoms with E-state index in [0.717, 1.165) is 29.8 Å². The van der Waals surface area contributed by atoms with Crippen LogP contribution >= 0.6 is 0 Å². The first-order valence-corrected chi connectivity index (χ1v) is 9.00. The van der Waals surface area contributed by atoms with Crippen molar-refractivity contribution in [3.8, 4) is 5.75 Å². The molecule has 0 unspecified atom stereocenters. The number of hydrogen-bond donors (Lipinski definition) is 2. The van der Waals surface area contributed by atoms with Gasteiger partial charge in [-0.1, -0.05) is 12.1 Å². The van der Waals surface area contributed by atoms with E-state index in [9.17, 15) is 9.59 Å². The van der Waals surface area contributed by atoms with Crippen molar-refractivity contribution in [2.75, 3.05) is 13.7 Å². The molecule has 2 N–H and O–H groups in total. The number of H-pyrrole nitrogens is 1.